The molecule has 0 radical (unpaired) electrons. The smallest absolute Gasteiger partial charge is 0.170 e. The second-order valence-corrected chi connectivity index (χ2v) is 31.6. The maximum atomic E-state index is 7.37. The number of hydrogen-bond acceptors (Lipinski definition) is 10. The summed E-state index contributed by atoms with van der Waals surface area (Å²) in [7, 11) is 0. The molecular weight excluding hydrogens is 1500 g/mol. The third kappa shape index (κ3) is 10.6. The van der Waals surface area contributed by atoms with Crippen LogP contribution in [0.5, 0.6) is 0 Å². The van der Waals surface area contributed by atoms with Crippen molar-refractivity contribution in [1.82, 2.24) is 39.0 Å². The van der Waals surface area contributed by atoms with E-state index >= 15 is 0 Å². The minimum atomic E-state index is 0.457. The van der Waals surface area contributed by atoms with Gasteiger partial charge in [-0.25, -0.2) is 29.9 Å². The molecule has 0 spiro atoms. The highest BCUT2D eigenvalue weighted by molar-refractivity contribution is 6.19. The third-order valence-electron chi connectivity index (χ3n) is 24.6. The van der Waals surface area contributed by atoms with Crippen LogP contribution in [0.4, 0.5) is 0 Å². The van der Waals surface area contributed by atoms with Gasteiger partial charge in [-0.2, -0.15) is 0 Å². The summed E-state index contributed by atoms with van der Waals surface area (Å²) in [6.07, 6.45) is 0. The fourth-order valence-electron chi connectivity index (χ4n) is 18.8. The van der Waals surface area contributed by atoms with Gasteiger partial charge in [-0.15, -0.1) is 0 Å². The molecule has 0 fully saturated rings. The first kappa shape index (κ1) is 67.5. The summed E-state index contributed by atoms with van der Waals surface area (Å²) in [5, 5.41) is 16.9. The average molecular weight is 1560 g/mol. The van der Waals surface area contributed by atoms with Gasteiger partial charge in [-0.05, 0) is 188 Å². The van der Waals surface area contributed by atoms with Gasteiger partial charge >= 0.3 is 0 Å². The maximum absolute atomic E-state index is 7.37. The Morgan fingerprint density at radius 1 is 0.164 bits per heavy atom. The molecule has 0 saturated heterocycles. The molecule has 12 nitrogen and oxygen atoms in total. The average Bonchev–Trinajstić information content (AvgIpc) is 1.56. The predicted octanol–water partition coefficient (Wildman–Crippen LogP) is 29.2. The Labute approximate surface area is 694 Å². The number of benzene rings is 18. The van der Waals surface area contributed by atoms with Crippen molar-refractivity contribution in [2.45, 2.75) is 0 Å². The lowest BCUT2D eigenvalue weighted by molar-refractivity contribution is 0.668. The number of para-hydroxylation sites is 5. The quantitative estimate of drug-likeness (QED) is 0.123. The zero-order valence-electron chi connectivity index (χ0n) is 65.0. The van der Waals surface area contributed by atoms with Crippen molar-refractivity contribution in [1.29, 1.82) is 0 Å². The second kappa shape index (κ2) is 26.4. The summed E-state index contributed by atoms with van der Waals surface area (Å²) >= 11 is 0. The number of aromatic nitrogens is 8. The SMILES string of the molecule is c1ccc(-c2cccc(-c3nc(-c4ccc5oc6ccccc6c5c4)nc(-c4c(-n5c6ccccc6c6cc7ccccc7cc65)ccc5c4oc4ccc(-c6ccc(-c7ccc(-c8nc(-c9ccc%10oc%11ccccc%11c%10c9)nc(-c9c(-n%10c%11ccccc%11c%11cc%12ccccc%12cc%11%10)ccc%10c9oc9ccccc9%10)n8)cc7)cc6)cc45)n3)c2)cc1. The Morgan fingerprint density at radius 2 is 0.475 bits per heavy atom. The van der Waals surface area contributed by atoms with E-state index in [1.54, 1.807) is 0 Å². The molecule has 0 saturated carbocycles. The fourth-order valence-corrected chi connectivity index (χ4v) is 18.8. The lowest BCUT2D eigenvalue weighted by Crippen LogP contribution is -2.04. The standard InChI is InChI=1S/C110H62N8O4/c1-2-19-63(20-3-1)68-25-18-26-74(55-68)106-112-108(76-47-54-99-87(60-76)81-31-12-16-35-96(81)120-99)116-110(114-106)102-92(118-90-33-14-9-28-78(90)85-57-70-22-5-7-24-72(70)62-94(85)118)51-49-83-88-58-73(45-52-100(88)122-104(83)102)66-39-37-64(38-40-66)65-41-43-67(44-42-65)105-111-107(75-46-53-98-86(59-75)80-30-11-15-34-95(80)119-98)115-109(113-105)101-91(50-48-82-79-29-10-17-36-97(79)121-103(82)101)117-89-32-13-8-27-77(89)84-56-69-21-4-6-23-71(69)61-93(84)117/h1-62H. The highest BCUT2D eigenvalue weighted by Gasteiger charge is 2.29. The molecule has 122 heavy (non-hydrogen) atoms. The number of rotatable bonds is 11. The number of nitrogens with zero attached hydrogens (tertiary/aromatic N) is 8. The first-order valence-electron chi connectivity index (χ1n) is 40.9. The van der Waals surface area contributed by atoms with Crippen LogP contribution in [-0.2, 0) is 0 Å². The summed E-state index contributed by atoms with van der Waals surface area (Å²) in [6.45, 7) is 0. The van der Waals surface area contributed by atoms with E-state index < -0.39 is 0 Å². The largest absolute Gasteiger partial charge is 0.456 e. The highest BCUT2D eigenvalue weighted by Crippen LogP contribution is 2.48. The van der Waals surface area contributed by atoms with Gasteiger partial charge in [-0.3, -0.25) is 0 Å². The van der Waals surface area contributed by atoms with Gasteiger partial charge in [0, 0.05) is 86.9 Å². The van der Waals surface area contributed by atoms with E-state index in [0.717, 1.165) is 214 Å². The van der Waals surface area contributed by atoms with E-state index in [2.05, 4.69) is 306 Å². The molecule has 26 aromatic rings. The molecule has 0 bridgehead atoms. The summed E-state index contributed by atoms with van der Waals surface area (Å²) < 4.78 is 32.0. The van der Waals surface area contributed by atoms with Crippen LogP contribution in [-0.4, -0.2) is 39.0 Å². The Morgan fingerprint density at radius 3 is 0.984 bits per heavy atom. The van der Waals surface area contributed by atoms with Crippen LogP contribution in [0, 0.1) is 0 Å². The summed E-state index contributed by atoms with van der Waals surface area (Å²) in [4.78, 5) is 33.2. The Balaban J connectivity index is 0.612. The molecule has 12 heteroatoms. The first-order valence-corrected chi connectivity index (χ1v) is 40.9. The zero-order chi connectivity index (χ0) is 79.8. The van der Waals surface area contributed by atoms with E-state index in [0.29, 0.717) is 46.1 Å². The van der Waals surface area contributed by atoms with Crippen LogP contribution >= 0.6 is 0 Å². The molecule has 8 aromatic heterocycles. The van der Waals surface area contributed by atoms with Crippen molar-refractivity contribution in [2.75, 3.05) is 0 Å². The monoisotopic (exact) mass is 1560 g/mol. The maximum Gasteiger partial charge on any atom is 0.170 e. The van der Waals surface area contributed by atoms with Crippen LogP contribution in [0.15, 0.2) is 394 Å². The van der Waals surface area contributed by atoms with Crippen LogP contribution in [0.1, 0.15) is 0 Å². The molecule has 0 aliphatic heterocycles. The summed E-state index contributed by atoms with van der Waals surface area (Å²) in [5.41, 5.74) is 22.9. The molecule has 0 aliphatic rings. The van der Waals surface area contributed by atoms with Gasteiger partial charge in [0.25, 0.3) is 0 Å². The van der Waals surface area contributed by atoms with Crippen LogP contribution in [0.2, 0.25) is 0 Å². The van der Waals surface area contributed by atoms with Crippen LogP contribution in [0.3, 0.4) is 0 Å². The molecule has 18 aromatic carbocycles. The normalized spacial score (nSPS) is 12.1. The van der Waals surface area contributed by atoms with Crippen molar-refractivity contribution >= 4 is 153 Å². The van der Waals surface area contributed by atoms with Crippen molar-refractivity contribution in [2.24, 2.45) is 0 Å². The van der Waals surface area contributed by atoms with Gasteiger partial charge in [0.2, 0.25) is 0 Å². The van der Waals surface area contributed by atoms with Gasteiger partial charge in [-0.1, -0.05) is 243 Å². The molecule has 0 amide bonds. The molecular formula is C110H62N8O4. The van der Waals surface area contributed by atoms with E-state index in [4.69, 9.17) is 47.6 Å². The minimum Gasteiger partial charge on any atom is -0.456 e. The molecule has 566 valence electrons. The van der Waals surface area contributed by atoms with Gasteiger partial charge in [0.1, 0.15) is 44.7 Å². The van der Waals surface area contributed by atoms with Crippen molar-refractivity contribution in [3.05, 3.63) is 376 Å². The highest BCUT2D eigenvalue weighted by atomic mass is 16.3. The van der Waals surface area contributed by atoms with E-state index in [1.165, 1.54) is 5.39 Å². The number of fused-ring (bicyclic) bond motifs is 20. The molecule has 0 aliphatic carbocycles. The lowest BCUT2D eigenvalue weighted by atomic mass is 9.98. The molecule has 0 unspecified atom stereocenters. The van der Waals surface area contributed by atoms with E-state index in [1.807, 2.05) is 78.9 Å². The zero-order valence-corrected chi connectivity index (χ0v) is 65.0. The topological polar surface area (TPSA) is 140 Å². The number of furan rings is 4. The Bertz CT molecular complexity index is 8910. The van der Waals surface area contributed by atoms with Gasteiger partial charge < -0.3 is 26.8 Å². The first-order chi connectivity index (χ1) is 60.4. The second-order valence-electron chi connectivity index (χ2n) is 31.6. The molecule has 0 atom stereocenters. The predicted molar refractivity (Wildman–Crippen MR) is 495 cm³/mol. The summed E-state index contributed by atoms with van der Waals surface area (Å²) in [6, 6.07) is 132. The van der Waals surface area contributed by atoms with Crippen molar-refractivity contribution in [3.8, 4) is 113 Å². The lowest BCUT2D eigenvalue weighted by Gasteiger charge is -2.15. The molecule has 8 heterocycles. The molecule has 0 N–H and O–H groups in total. The van der Waals surface area contributed by atoms with Crippen LogP contribution in [0.25, 0.3) is 266 Å². The minimum absolute atomic E-state index is 0.457. The van der Waals surface area contributed by atoms with E-state index in [9.17, 15) is 0 Å². The Kier molecular flexibility index (Phi) is 14.6. The van der Waals surface area contributed by atoms with Gasteiger partial charge in [0.15, 0.2) is 34.9 Å². The van der Waals surface area contributed by atoms with Crippen molar-refractivity contribution in [3.63, 3.8) is 0 Å². The van der Waals surface area contributed by atoms with E-state index in [-0.39, 0.29) is 0 Å². The van der Waals surface area contributed by atoms with Crippen LogP contribution < -0.4 is 0 Å². The number of hydrogen-bond donors (Lipinski definition) is 0. The third-order valence-corrected chi connectivity index (χ3v) is 24.6. The molecule has 26 rings (SSSR count). The Hall–Kier alpha value is -16.7. The van der Waals surface area contributed by atoms with Crippen molar-refractivity contribution < 1.29 is 17.7 Å². The summed E-state index contributed by atoms with van der Waals surface area (Å²) in [5.74, 6) is 2.96. The van der Waals surface area contributed by atoms with Gasteiger partial charge in [0.05, 0.1) is 44.6 Å². The fraction of sp³-hybridized carbons (Fsp3) is 0.